The van der Waals surface area contributed by atoms with Gasteiger partial charge >= 0.3 is 10.0 Å². The zero-order chi connectivity index (χ0) is 23.1. The van der Waals surface area contributed by atoms with Gasteiger partial charge in [0, 0.05) is 5.56 Å². The van der Waals surface area contributed by atoms with E-state index in [1.54, 1.807) is 0 Å². The van der Waals surface area contributed by atoms with Gasteiger partial charge in [-0.1, -0.05) is 84.0 Å². The number of carbonyl (C=O) groups excluding carboxylic acids is 1. The van der Waals surface area contributed by atoms with Crippen LogP contribution in [-0.4, -0.2) is 30.8 Å². The van der Waals surface area contributed by atoms with E-state index >= 15 is 0 Å². The van der Waals surface area contributed by atoms with E-state index < -0.39 is 22.0 Å². The minimum absolute atomic E-state index is 0.0322. The van der Waals surface area contributed by atoms with Gasteiger partial charge in [-0.05, 0) is 34.4 Å². The summed E-state index contributed by atoms with van der Waals surface area (Å²) in [5.41, 5.74) is 9.32. The number of benzene rings is 2. The fourth-order valence-electron chi connectivity index (χ4n) is 4.35. The van der Waals surface area contributed by atoms with Gasteiger partial charge in [0.05, 0.1) is 0 Å². The number of hydrogen-bond acceptors (Lipinski definition) is 3. The van der Waals surface area contributed by atoms with Crippen molar-refractivity contribution in [1.29, 1.82) is 0 Å². The van der Waals surface area contributed by atoms with Crippen molar-refractivity contribution in [2.24, 2.45) is 5.73 Å². The predicted molar refractivity (Wildman–Crippen MR) is 124 cm³/mol. The molecule has 1 saturated heterocycles. The standard InChI is InChI=1S/C25H34N2O3S/c1-16(2)20-12-21(17(3)4)24(22(13-20)18(5)6)31(29,30)27(15-23(27)25(26)28)14-19-10-8-7-9-11-19/h7-13,16-18,23H,14-15H2,1-6H3,(H-,26,28)/p+1. The van der Waals surface area contributed by atoms with Gasteiger partial charge in [-0.3, -0.25) is 4.79 Å². The summed E-state index contributed by atoms with van der Waals surface area (Å²) in [6.45, 7) is 12.8. The minimum Gasteiger partial charge on any atom is -0.364 e. The fourth-order valence-corrected chi connectivity index (χ4v) is 7.00. The molecule has 0 radical (unpaired) electrons. The zero-order valence-corrected chi connectivity index (χ0v) is 20.2. The van der Waals surface area contributed by atoms with Crippen molar-refractivity contribution in [1.82, 2.24) is 0 Å². The van der Waals surface area contributed by atoms with Crippen LogP contribution in [0.1, 0.15) is 81.5 Å². The molecular formula is C25H35N2O3S+. The van der Waals surface area contributed by atoms with Crippen molar-refractivity contribution in [2.45, 2.75) is 76.8 Å². The normalized spacial score (nSPS) is 21.1. The average molecular weight is 444 g/mol. The van der Waals surface area contributed by atoms with Crippen molar-refractivity contribution in [3.05, 3.63) is 64.7 Å². The molecule has 31 heavy (non-hydrogen) atoms. The molecule has 5 nitrogen and oxygen atoms in total. The Kier molecular flexibility index (Phi) is 6.36. The van der Waals surface area contributed by atoms with Gasteiger partial charge in [0.25, 0.3) is 5.91 Å². The molecule has 2 unspecified atom stereocenters. The number of sulfonamides is 1. The van der Waals surface area contributed by atoms with E-state index in [-0.39, 0.29) is 28.8 Å². The van der Waals surface area contributed by atoms with Crippen LogP contribution < -0.4 is 5.73 Å². The summed E-state index contributed by atoms with van der Waals surface area (Å²) in [5, 5.41) is 0. The second-order valence-corrected chi connectivity index (χ2v) is 11.8. The Morgan fingerprint density at radius 2 is 1.48 bits per heavy atom. The van der Waals surface area contributed by atoms with Crippen molar-refractivity contribution >= 4 is 15.9 Å². The molecule has 2 N–H and O–H groups in total. The maximum atomic E-state index is 14.3. The summed E-state index contributed by atoms with van der Waals surface area (Å²) in [6, 6.07) is 12.8. The van der Waals surface area contributed by atoms with E-state index in [0.717, 1.165) is 22.3 Å². The van der Waals surface area contributed by atoms with Crippen molar-refractivity contribution in [3.8, 4) is 0 Å². The molecule has 1 fully saturated rings. The number of nitrogens with zero attached hydrogens (tertiary/aromatic N) is 1. The van der Waals surface area contributed by atoms with Crippen molar-refractivity contribution in [2.75, 3.05) is 6.54 Å². The molecule has 1 aliphatic rings. The highest BCUT2D eigenvalue weighted by Crippen LogP contribution is 2.46. The molecule has 0 aromatic heterocycles. The highest BCUT2D eigenvalue weighted by molar-refractivity contribution is 7.86. The molecular weight excluding hydrogens is 408 g/mol. The first-order valence-electron chi connectivity index (χ1n) is 11.0. The van der Waals surface area contributed by atoms with Crippen LogP contribution in [0, 0.1) is 0 Å². The number of hydrogen-bond donors (Lipinski definition) is 1. The lowest BCUT2D eigenvalue weighted by Crippen LogP contribution is -2.40. The Hall–Kier alpha value is -2.18. The predicted octanol–water partition coefficient (Wildman–Crippen LogP) is 4.63. The highest BCUT2D eigenvalue weighted by atomic mass is 32.2. The molecule has 2 aromatic carbocycles. The smallest absolute Gasteiger partial charge is 0.329 e. The van der Waals surface area contributed by atoms with Crippen LogP contribution in [0.3, 0.4) is 0 Å². The summed E-state index contributed by atoms with van der Waals surface area (Å²) < 4.78 is 28.3. The van der Waals surface area contributed by atoms with Crippen LogP contribution in [0.2, 0.25) is 0 Å². The van der Waals surface area contributed by atoms with E-state index in [2.05, 4.69) is 13.8 Å². The second kappa shape index (κ2) is 8.40. The van der Waals surface area contributed by atoms with Crippen LogP contribution in [0.25, 0.3) is 0 Å². The maximum absolute atomic E-state index is 14.3. The van der Waals surface area contributed by atoms with Gasteiger partial charge in [0.1, 0.15) is 11.4 Å². The topological polar surface area (TPSA) is 77.2 Å². The summed E-state index contributed by atoms with van der Waals surface area (Å²) in [6.07, 6.45) is 0. The molecule has 1 amide bonds. The third-order valence-electron chi connectivity index (χ3n) is 6.35. The molecule has 3 rings (SSSR count). The number of amides is 1. The largest absolute Gasteiger partial charge is 0.364 e. The summed E-state index contributed by atoms with van der Waals surface area (Å²) >= 11 is 0. The first kappa shape index (κ1) is 23.5. The first-order chi connectivity index (χ1) is 14.4. The van der Waals surface area contributed by atoms with Gasteiger partial charge in [-0.15, -0.1) is 0 Å². The Morgan fingerprint density at radius 1 is 0.968 bits per heavy atom. The Morgan fingerprint density at radius 3 is 1.87 bits per heavy atom. The number of nitrogens with two attached hydrogens (primary N) is 1. The van der Waals surface area contributed by atoms with Crippen LogP contribution in [-0.2, 0) is 21.4 Å². The van der Waals surface area contributed by atoms with Gasteiger partial charge in [-0.25, -0.2) is 0 Å². The molecule has 0 spiro atoms. The number of quaternary nitrogens is 1. The summed E-state index contributed by atoms with van der Waals surface area (Å²) in [5.74, 6) is -0.205. The molecule has 1 heterocycles. The molecule has 0 saturated carbocycles. The molecule has 2 aromatic rings. The third-order valence-corrected chi connectivity index (χ3v) is 8.83. The fraction of sp³-hybridized carbons (Fsp3) is 0.480. The highest BCUT2D eigenvalue weighted by Gasteiger charge is 2.68. The van der Waals surface area contributed by atoms with Crippen LogP contribution in [0.5, 0.6) is 0 Å². The lowest BCUT2D eigenvalue weighted by molar-refractivity contribution is -0.687. The van der Waals surface area contributed by atoms with E-state index in [1.807, 2.05) is 70.2 Å². The van der Waals surface area contributed by atoms with Gasteiger partial charge in [0.15, 0.2) is 6.54 Å². The van der Waals surface area contributed by atoms with E-state index in [9.17, 15) is 13.2 Å². The van der Waals surface area contributed by atoms with Gasteiger partial charge in [-0.2, -0.15) is 12.3 Å². The average Bonchev–Trinajstić information content (AvgIpc) is 3.44. The first-order valence-corrected chi connectivity index (χ1v) is 12.5. The molecule has 6 heteroatoms. The monoisotopic (exact) mass is 443 g/mol. The van der Waals surface area contributed by atoms with E-state index in [4.69, 9.17) is 5.73 Å². The summed E-state index contributed by atoms with van der Waals surface area (Å²) in [7, 11) is -3.88. The van der Waals surface area contributed by atoms with Crippen LogP contribution in [0.4, 0.5) is 0 Å². The lowest BCUT2D eigenvalue weighted by atomic mass is 9.89. The SMILES string of the molecule is CC(C)c1cc(C(C)C)c(S(=O)(=O)[N+]2(Cc3ccccc3)CC2C(N)=O)c(C(C)C)c1. The lowest BCUT2D eigenvalue weighted by Gasteiger charge is -2.26. The van der Waals surface area contributed by atoms with E-state index in [0.29, 0.717) is 10.8 Å². The zero-order valence-electron chi connectivity index (χ0n) is 19.4. The van der Waals surface area contributed by atoms with E-state index in [1.165, 1.54) is 0 Å². The van der Waals surface area contributed by atoms with Gasteiger partial charge in [0.2, 0.25) is 6.04 Å². The van der Waals surface area contributed by atoms with Crippen molar-refractivity contribution < 1.29 is 17.1 Å². The Bertz CT molecular complexity index is 1050. The van der Waals surface area contributed by atoms with Crippen LogP contribution in [0.15, 0.2) is 47.4 Å². The Balaban J connectivity index is 2.27. The second-order valence-electron chi connectivity index (χ2n) is 9.66. The quantitative estimate of drug-likeness (QED) is 0.477. The van der Waals surface area contributed by atoms with Crippen molar-refractivity contribution in [3.63, 3.8) is 0 Å². The minimum atomic E-state index is -3.88. The summed E-state index contributed by atoms with van der Waals surface area (Å²) in [4.78, 5) is 12.6. The third kappa shape index (κ3) is 4.15. The molecule has 168 valence electrons. The molecule has 1 aliphatic heterocycles. The number of carbonyl (C=O) groups is 1. The maximum Gasteiger partial charge on any atom is 0.329 e. The van der Waals surface area contributed by atoms with Crippen LogP contribution >= 0.6 is 0 Å². The molecule has 0 aliphatic carbocycles. The Labute approximate surface area is 186 Å². The molecule has 2 atom stereocenters. The van der Waals surface area contributed by atoms with Gasteiger partial charge < -0.3 is 5.73 Å². The molecule has 0 bridgehead atoms. The number of primary amides is 1. The number of rotatable bonds is 8.